The number of aliphatic hydroxyl groups excluding tert-OH is 1. The van der Waals surface area contributed by atoms with Gasteiger partial charge in [-0.05, 0) is 74.7 Å². The summed E-state index contributed by atoms with van der Waals surface area (Å²) >= 11 is 0. The Morgan fingerprint density at radius 2 is 1.82 bits per heavy atom. The number of piperidine rings is 1. The number of benzene rings is 1. The van der Waals surface area contributed by atoms with Gasteiger partial charge in [0.1, 0.15) is 0 Å². The summed E-state index contributed by atoms with van der Waals surface area (Å²) in [4.78, 5) is 11.1. The number of anilines is 2. The van der Waals surface area contributed by atoms with E-state index in [-0.39, 0.29) is 6.10 Å². The zero-order valence-corrected chi connectivity index (χ0v) is 19.6. The number of β-amino-alcohol motifs (C(OH)–C–C–N with tert-alkyl or cyclic N) is 1. The number of likely N-dealkylation sites (tertiary alicyclic amines) is 1. The maximum Gasteiger partial charge on any atom is 0.245 e. The summed E-state index contributed by atoms with van der Waals surface area (Å²) in [6.45, 7) is 4.68. The van der Waals surface area contributed by atoms with Gasteiger partial charge in [-0.15, -0.1) is 5.10 Å². The van der Waals surface area contributed by atoms with E-state index in [1.807, 2.05) is 41.9 Å². The van der Waals surface area contributed by atoms with Gasteiger partial charge in [0.05, 0.1) is 30.6 Å². The van der Waals surface area contributed by atoms with Crippen LogP contribution in [0.2, 0.25) is 0 Å². The molecule has 3 aromatic heterocycles. The Morgan fingerprint density at radius 1 is 1.03 bits per heavy atom. The first kappa shape index (κ1) is 22.3. The Bertz CT molecular complexity index is 1230. The van der Waals surface area contributed by atoms with Crippen LogP contribution in [-0.4, -0.2) is 62.4 Å². The van der Waals surface area contributed by atoms with Crippen LogP contribution in [-0.2, 0) is 0 Å². The number of fused-ring (bicyclic) bond motifs is 1. The molecular weight excluding hydrogens is 428 g/mol. The molecule has 0 amide bonds. The smallest absolute Gasteiger partial charge is 0.245 e. The fourth-order valence-electron chi connectivity index (χ4n) is 4.62. The van der Waals surface area contributed by atoms with Gasteiger partial charge in [0, 0.05) is 30.1 Å². The van der Waals surface area contributed by atoms with Crippen molar-refractivity contribution >= 4 is 17.2 Å². The Balaban J connectivity index is 1.28. The highest BCUT2D eigenvalue weighted by Gasteiger charge is 2.21. The van der Waals surface area contributed by atoms with Crippen LogP contribution < -0.4 is 10.1 Å². The second-order valence-electron chi connectivity index (χ2n) is 8.90. The van der Waals surface area contributed by atoms with Gasteiger partial charge in [0.25, 0.3) is 0 Å². The number of aliphatic hydroxyl groups is 1. The topological polar surface area (TPSA) is 87.8 Å². The predicted molar refractivity (Wildman–Crippen MR) is 133 cm³/mol. The van der Waals surface area contributed by atoms with Crippen LogP contribution in [0.3, 0.4) is 0 Å². The van der Waals surface area contributed by atoms with Crippen LogP contribution >= 0.6 is 0 Å². The molecular formula is C26H30N6O2. The van der Waals surface area contributed by atoms with Crippen LogP contribution in [0.15, 0.2) is 60.9 Å². The van der Waals surface area contributed by atoms with E-state index < -0.39 is 0 Å². The molecule has 0 saturated carbocycles. The molecule has 0 bridgehead atoms. The van der Waals surface area contributed by atoms with Crippen molar-refractivity contribution in [3.63, 3.8) is 0 Å². The maximum atomic E-state index is 9.61. The molecule has 1 saturated heterocycles. The molecule has 1 aliphatic heterocycles. The normalized spacial score (nSPS) is 16.0. The molecule has 4 heterocycles. The monoisotopic (exact) mass is 458 g/mol. The van der Waals surface area contributed by atoms with Gasteiger partial charge in [0.2, 0.25) is 11.8 Å². The van der Waals surface area contributed by atoms with Crippen LogP contribution in [0.5, 0.6) is 5.88 Å². The first-order chi connectivity index (χ1) is 16.6. The summed E-state index contributed by atoms with van der Waals surface area (Å²) in [7, 11) is 1.61. The van der Waals surface area contributed by atoms with E-state index >= 15 is 0 Å². The van der Waals surface area contributed by atoms with Crippen molar-refractivity contribution in [1.29, 1.82) is 0 Å². The molecule has 34 heavy (non-hydrogen) atoms. The molecule has 1 aromatic carbocycles. The van der Waals surface area contributed by atoms with Gasteiger partial charge in [-0.3, -0.25) is 0 Å². The van der Waals surface area contributed by atoms with E-state index in [0.29, 0.717) is 17.7 Å². The fraction of sp³-hybridized carbons (Fsp3) is 0.346. The third-order valence-corrected chi connectivity index (χ3v) is 6.39. The average molecular weight is 459 g/mol. The zero-order chi connectivity index (χ0) is 23.5. The van der Waals surface area contributed by atoms with Crippen molar-refractivity contribution in [3.8, 4) is 17.1 Å². The van der Waals surface area contributed by atoms with Crippen molar-refractivity contribution in [1.82, 2.24) is 24.5 Å². The Morgan fingerprint density at radius 3 is 2.50 bits per heavy atom. The molecule has 1 aliphatic rings. The number of ether oxygens (including phenoxy) is 1. The van der Waals surface area contributed by atoms with Gasteiger partial charge in [-0.1, -0.05) is 12.1 Å². The summed E-state index contributed by atoms with van der Waals surface area (Å²) < 4.78 is 7.03. The SMILES string of the molecule is COc1ccc(-c2ccc3cnc(Nc4ccc(C5CCN(CC(C)O)CC5)cc4)nn23)cn1. The van der Waals surface area contributed by atoms with Crippen LogP contribution in [0.1, 0.15) is 31.2 Å². The molecule has 176 valence electrons. The summed E-state index contributed by atoms with van der Waals surface area (Å²) in [6.07, 6.45) is 5.57. The quantitative estimate of drug-likeness (QED) is 0.431. The van der Waals surface area contributed by atoms with E-state index in [1.165, 1.54) is 5.56 Å². The number of hydrogen-bond acceptors (Lipinski definition) is 7. The third-order valence-electron chi connectivity index (χ3n) is 6.39. The van der Waals surface area contributed by atoms with Crippen LogP contribution in [0, 0.1) is 0 Å². The van der Waals surface area contributed by atoms with Gasteiger partial charge >= 0.3 is 0 Å². The van der Waals surface area contributed by atoms with E-state index in [1.54, 1.807) is 13.3 Å². The average Bonchev–Trinajstić information content (AvgIpc) is 3.28. The van der Waals surface area contributed by atoms with E-state index in [0.717, 1.165) is 54.9 Å². The number of aromatic nitrogens is 4. The minimum Gasteiger partial charge on any atom is -0.481 e. The Kier molecular flexibility index (Phi) is 6.42. The van der Waals surface area contributed by atoms with Gasteiger partial charge < -0.3 is 20.1 Å². The molecule has 0 radical (unpaired) electrons. The number of nitrogens with zero attached hydrogens (tertiary/aromatic N) is 5. The number of pyridine rings is 1. The van der Waals surface area contributed by atoms with E-state index in [4.69, 9.17) is 9.84 Å². The number of nitrogens with one attached hydrogen (secondary N) is 1. The number of hydrogen-bond donors (Lipinski definition) is 2. The summed E-state index contributed by atoms with van der Waals surface area (Å²) in [6, 6.07) is 16.4. The third kappa shape index (κ3) is 4.88. The molecule has 8 heteroatoms. The molecule has 0 aliphatic carbocycles. The minimum atomic E-state index is -0.265. The molecule has 8 nitrogen and oxygen atoms in total. The Labute approximate surface area is 199 Å². The fourth-order valence-corrected chi connectivity index (χ4v) is 4.62. The number of methoxy groups -OCH3 is 1. The molecule has 1 unspecified atom stereocenters. The summed E-state index contributed by atoms with van der Waals surface area (Å²) in [5.74, 6) is 1.67. The lowest BCUT2D eigenvalue weighted by atomic mass is 9.89. The second-order valence-corrected chi connectivity index (χ2v) is 8.90. The largest absolute Gasteiger partial charge is 0.481 e. The van der Waals surface area contributed by atoms with Gasteiger partial charge in [-0.2, -0.15) is 0 Å². The zero-order valence-electron chi connectivity index (χ0n) is 19.6. The first-order valence-corrected chi connectivity index (χ1v) is 11.7. The highest BCUT2D eigenvalue weighted by Crippen LogP contribution is 2.29. The van der Waals surface area contributed by atoms with E-state index in [2.05, 4.69) is 44.5 Å². The molecule has 1 fully saturated rings. The number of rotatable bonds is 7. The minimum absolute atomic E-state index is 0.265. The van der Waals surface area contributed by atoms with Gasteiger partial charge in [-0.25, -0.2) is 14.5 Å². The molecule has 2 N–H and O–H groups in total. The summed E-state index contributed by atoms with van der Waals surface area (Å²) in [5.41, 5.74) is 5.11. The standard InChI is InChI=1S/C26H30N6O2/c1-18(33)17-31-13-11-20(12-14-31)19-3-6-22(7-4-19)29-26-28-16-23-8-9-24(32(23)30-26)21-5-10-25(34-2)27-15-21/h3-10,15-16,18,20,33H,11-14,17H2,1-2H3,(H,29,30). The van der Waals surface area contributed by atoms with Crippen molar-refractivity contribution < 1.29 is 9.84 Å². The van der Waals surface area contributed by atoms with Crippen LogP contribution in [0.4, 0.5) is 11.6 Å². The first-order valence-electron chi connectivity index (χ1n) is 11.7. The van der Waals surface area contributed by atoms with Crippen molar-refractivity contribution in [3.05, 3.63) is 66.5 Å². The molecule has 4 aromatic rings. The summed E-state index contributed by atoms with van der Waals surface area (Å²) in [5, 5.41) is 17.6. The van der Waals surface area contributed by atoms with Crippen molar-refractivity contribution in [2.24, 2.45) is 0 Å². The van der Waals surface area contributed by atoms with Crippen molar-refractivity contribution in [2.75, 3.05) is 32.1 Å². The second kappa shape index (κ2) is 9.79. The van der Waals surface area contributed by atoms with Gasteiger partial charge in [0.15, 0.2) is 0 Å². The van der Waals surface area contributed by atoms with Crippen molar-refractivity contribution in [2.45, 2.75) is 31.8 Å². The lowest BCUT2D eigenvalue weighted by Gasteiger charge is -2.32. The lowest BCUT2D eigenvalue weighted by Crippen LogP contribution is -2.37. The maximum absolute atomic E-state index is 9.61. The lowest BCUT2D eigenvalue weighted by molar-refractivity contribution is 0.109. The van der Waals surface area contributed by atoms with E-state index in [9.17, 15) is 5.11 Å². The predicted octanol–water partition coefficient (Wildman–Crippen LogP) is 4.10. The molecule has 0 spiro atoms. The van der Waals surface area contributed by atoms with Crippen LogP contribution in [0.25, 0.3) is 16.8 Å². The molecule has 5 rings (SSSR count). The Hall–Kier alpha value is -3.49. The highest BCUT2D eigenvalue weighted by atomic mass is 16.5. The molecule has 1 atom stereocenters. The highest BCUT2D eigenvalue weighted by molar-refractivity contribution is 5.66.